The molecule has 2 aromatic carbocycles. The number of rotatable bonds is 5. The number of aryl methyl sites for hydroxylation is 1. The third-order valence-electron chi connectivity index (χ3n) is 3.83. The lowest BCUT2D eigenvalue weighted by atomic mass is 10.1. The molecular formula is C18H19FN2O4S. The number of primary sulfonamides is 1. The Kier molecular flexibility index (Phi) is 5.79. The van der Waals surface area contributed by atoms with Gasteiger partial charge in [-0.25, -0.2) is 17.9 Å². The molecule has 6 nitrogen and oxygen atoms in total. The van der Waals surface area contributed by atoms with Gasteiger partial charge in [0.05, 0.1) is 12.0 Å². The van der Waals surface area contributed by atoms with Gasteiger partial charge >= 0.3 is 0 Å². The van der Waals surface area contributed by atoms with Gasteiger partial charge < -0.3 is 10.1 Å². The van der Waals surface area contributed by atoms with Crippen molar-refractivity contribution in [1.29, 1.82) is 0 Å². The number of nitrogens with one attached hydrogen (secondary N) is 1. The molecule has 0 aromatic heterocycles. The first-order chi connectivity index (χ1) is 12.1. The van der Waals surface area contributed by atoms with Crippen LogP contribution in [0.2, 0.25) is 0 Å². The molecule has 0 bridgehead atoms. The summed E-state index contributed by atoms with van der Waals surface area (Å²) in [7, 11) is -2.53. The summed E-state index contributed by atoms with van der Waals surface area (Å²) >= 11 is 0. The van der Waals surface area contributed by atoms with Gasteiger partial charge in [0.25, 0.3) is 0 Å². The largest absolute Gasteiger partial charge is 0.494 e. The highest BCUT2D eigenvalue weighted by molar-refractivity contribution is 7.89. The maximum atomic E-state index is 13.6. The maximum absolute atomic E-state index is 13.6. The highest BCUT2D eigenvalue weighted by Crippen LogP contribution is 2.24. The zero-order valence-electron chi connectivity index (χ0n) is 14.5. The molecule has 0 radical (unpaired) electrons. The fourth-order valence-corrected chi connectivity index (χ4v) is 2.88. The van der Waals surface area contributed by atoms with Gasteiger partial charge in [0.1, 0.15) is 0 Å². The molecule has 0 saturated carbocycles. The SMILES string of the molecule is COc1ccc(/C=C/C(=O)Nc2cc(S(N)(=O)=O)cc(C)c2C)cc1F. The number of hydrogen-bond donors (Lipinski definition) is 2. The first-order valence-electron chi connectivity index (χ1n) is 7.58. The molecule has 0 aliphatic carbocycles. The molecule has 0 aliphatic heterocycles. The van der Waals surface area contributed by atoms with Gasteiger partial charge in [-0.1, -0.05) is 6.07 Å². The Morgan fingerprint density at radius 3 is 2.50 bits per heavy atom. The monoisotopic (exact) mass is 378 g/mol. The summed E-state index contributed by atoms with van der Waals surface area (Å²) in [6, 6.07) is 7.03. The van der Waals surface area contributed by atoms with Crippen LogP contribution in [-0.4, -0.2) is 21.4 Å². The molecule has 0 atom stereocenters. The highest BCUT2D eigenvalue weighted by atomic mass is 32.2. The number of carbonyl (C=O) groups excluding carboxylic acids is 1. The smallest absolute Gasteiger partial charge is 0.248 e. The number of carbonyl (C=O) groups is 1. The standard InChI is InChI=1S/C18H19FN2O4S/c1-11-8-14(26(20,23)24)10-16(12(11)2)21-18(22)7-5-13-4-6-17(25-3)15(19)9-13/h4-10H,1-3H3,(H,21,22)(H2,20,23,24)/b7-5+. The number of ether oxygens (including phenoxy) is 1. The number of sulfonamides is 1. The zero-order valence-corrected chi connectivity index (χ0v) is 15.4. The van der Waals surface area contributed by atoms with Gasteiger partial charge in [0.15, 0.2) is 11.6 Å². The molecule has 3 N–H and O–H groups in total. The van der Waals surface area contributed by atoms with Crippen molar-refractivity contribution in [3.8, 4) is 5.75 Å². The summed E-state index contributed by atoms with van der Waals surface area (Å²) in [5.74, 6) is -0.921. The van der Waals surface area contributed by atoms with E-state index in [1.165, 1.54) is 43.5 Å². The molecule has 0 saturated heterocycles. The quantitative estimate of drug-likeness (QED) is 0.782. The maximum Gasteiger partial charge on any atom is 0.248 e. The predicted molar refractivity (Wildman–Crippen MR) is 97.9 cm³/mol. The van der Waals surface area contributed by atoms with Crippen LogP contribution in [0.25, 0.3) is 6.08 Å². The number of halogens is 1. The molecule has 138 valence electrons. The van der Waals surface area contributed by atoms with Gasteiger partial charge in [0.2, 0.25) is 15.9 Å². The summed E-state index contributed by atoms with van der Waals surface area (Å²) in [6.45, 7) is 3.47. The Morgan fingerprint density at radius 2 is 1.92 bits per heavy atom. The van der Waals surface area contributed by atoms with E-state index >= 15 is 0 Å². The lowest BCUT2D eigenvalue weighted by molar-refractivity contribution is -0.111. The summed E-state index contributed by atoms with van der Waals surface area (Å²) in [6.07, 6.45) is 2.66. The van der Waals surface area contributed by atoms with Crippen molar-refractivity contribution in [1.82, 2.24) is 0 Å². The molecule has 2 rings (SSSR count). The van der Waals surface area contributed by atoms with E-state index in [2.05, 4.69) is 5.32 Å². The topological polar surface area (TPSA) is 98.5 Å². The molecule has 0 spiro atoms. The molecule has 0 fully saturated rings. The number of anilines is 1. The number of methoxy groups -OCH3 is 1. The normalized spacial score (nSPS) is 11.6. The molecule has 2 aromatic rings. The van der Waals surface area contributed by atoms with E-state index < -0.39 is 21.7 Å². The van der Waals surface area contributed by atoms with Gasteiger partial charge in [0, 0.05) is 11.8 Å². The molecular weight excluding hydrogens is 359 g/mol. The molecule has 0 heterocycles. The van der Waals surface area contributed by atoms with Gasteiger partial charge in [-0.3, -0.25) is 4.79 Å². The third kappa shape index (κ3) is 4.68. The van der Waals surface area contributed by atoms with Crippen molar-refractivity contribution in [3.63, 3.8) is 0 Å². The van der Waals surface area contributed by atoms with E-state index in [-0.39, 0.29) is 10.6 Å². The third-order valence-corrected chi connectivity index (χ3v) is 4.72. The molecule has 26 heavy (non-hydrogen) atoms. The summed E-state index contributed by atoms with van der Waals surface area (Å²) in [5.41, 5.74) is 2.21. The van der Waals surface area contributed by atoms with Crippen LogP contribution in [0.4, 0.5) is 10.1 Å². The Bertz CT molecular complexity index is 985. The highest BCUT2D eigenvalue weighted by Gasteiger charge is 2.13. The predicted octanol–water partition coefficient (Wildman–Crippen LogP) is 2.75. The van der Waals surface area contributed by atoms with Crippen LogP contribution in [0, 0.1) is 19.7 Å². The van der Waals surface area contributed by atoms with E-state index in [1.54, 1.807) is 19.9 Å². The Balaban J connectivity index is 2.22. The summed E-state index contributed by atoms with van der Waals surface area (Å²) in [4.78, 5) is 12.0. The van der Waals surface area contributed by atoms with Crippen molar-refractivity contribution in [2.75, 3.05) is 12.4 Å². The van der Waals surface area contributed by atoms with E-state index in [4.69, 9.17) is 9.88 Å². The molecule has 1 amide bonds. The van der Waals surface area contributed by atoms with Crippen LogP contribution in [0.5, 0.6) is 5.75 Å². The van der Waals surface area contributed by atoms with Crippen molar-refractivity contribution in [2.45, 2.75) is 18.7 Å². The number of amides is 1. The second-order valence-electron chi connectivity index (χ2n) is 5.67. The minimum Gasteiger partial charge on any atom is -0.494 e. The van der Waals surface area contributed by atoms with E-state index in [9.17, 15) is 17.6 Å². The van der Waals surface area contributed by atoms with Gasteiger partial charge in [-0.15, -0.1) is 0 Å². The number of hydrogen-bond acceptors (Lipinski definition) is 4. The fourth-order valence-electron chi connectivity index (χ4n) is 2.25. The molecule has 0 unspecified atom stereocenters. The van der Waals surface area contributed by atoms with Crippen molar-refractivity contribution in [2.24, 2.45) is 5.14 Å². The van der Waals surface area contributed by atoms with Crippen molar-refractivity contribution in [3.05, 3.63) is 58.9 Å². The minimum atomic E-state index is -3.89. The van der Waals surface area contributed by atoms with Crippen LogP contribution < -0.4 is 15.2 Å². The number of benzene rings is 2. The second kappa shape index (κ2) is 7.67. The Hall–Kier alpha value is -2.71. The lowest BCUT2D eigenvalue weighted by Gasteiger charge is -2.11. The van der Waals surface area contributed by atoms with Crippen LogP contribution in [0.15, 0.2) is 41.3 Å². The molecule has 0 aliphatic rings. The lowest BCUT2D eigenvalue weighted by Crippen LogP contribution is -2.15. The van der Waals surface area contributed by atoms with Crippen LogP contribution in [-0.2, 0) is 14.8 Å². The van der Waals surface area contributed by atoms with Crippen LogP contribution in [0.1, 0.15) is 16.7 Å². The van der Waals surface area contributed by atoms with Gasteiger partial charge in [-0.05, 0) is 60.9 Å². The summed E-state index contributed by atoms with van der Waals surface area (Å²) in [5, 5.41) is 7.75. The minimum absolute atomic E-state index is 0.0860. The first-order valence-corrected chi connectivity index (χ1v) is 9.13. The zero-order chi connectivity index (χ0) is 19.5. The van der Waals surface area contributed by atoms with E-state index in [1.807, 2.05) is 0 Å². The number of nitrogens with two attached hydrogens (primary N) is 1. The fraction of sp³-hybridized carbons (Fsp3) is 0.167. The average Bonchev–Trinajstić information content (AvgIpc) is 2.56. The van der Waals surface area contributed by atoms with Crippen molar-refractivity contribution >= 4 is 27.7 Å². The molecule has 8 heteroatoms. The second-order valence-corrected chi connectivity index (χ2v) is 7.24. The average molecular weight is 378 g/mol. The first kappa shape index (κ1) is 19.6. The van der Waals surface area contributed by atoms with Gasteiger partial charge in [-0.2, -0.15) is 0 Å². The Morgan fingerprint density at radius 1 is 1.23 bits per heavy atom. The van der Waals surface area contributed by atoms with Crippen molar-refractivity contribution < 1.29 is 22.3 Å². The van der Waals surface area contributed by atoms with Crippen LogP contribution >= 0.6 is 0 Å². The Labute approximate surface area is 151 Å². The van der Waals surface area contributed by atoms with Crippen LogP contribution in [0.3, 0.4) is 0 Å². The van der Waals surface area contributed by atoms with E-state index in [0.717, 1.165) is 5.56 Å². The summed E-state index contributed by atoms with van der Waals surface area (Å²) < 4.78 is 41.5. The van der Waals surface area contributed by atoms with E-state index in [0.29, 0.717) is 16.8 Å².